The molecule has 0 aromatic heterocycles. The molecule has 1 amide bonds. The average molecular weight is 287 g/mol. The Labute approximate surface area is 121 Å². The van der Waals surface area contributed by atoms with Crippen LogP contribution in [0.2, 0.25) is 0 Å². The molecule has 5 heteroatoms. The van der Waals surface area contributed by atoms with Crippen molar-refractivity contribution in [2.75, 3.05) is 6.61 Å². The third kappa shape index (κ3) is 3.45. The zero-order valence-corrected chi connectivity index (χ0v) is 11.4. The molecule has 0 saturated carbocycles. The van der Waals surface area contributed by atoms with E-state index in [1.54, 1.807) is 12.1 Å². The Kier molecular flexibility index (Phi) is 4.33. The van der Waals surface area contributed by atoms with Crippen molar-refractivity contribution in [3.63, 3.8) is 0 Å². The number of halogens is 1. The van der Waals surface area contributed by atoms with Crippen LogP contribution in [0.15, 0.2) is 42.5 Å². The van der Waals surface area contributed by atoms with Gasteiger partial charge in [0.2, 0.25) is 0 Å². The van der Waals surface area contributed by atoms with E-state index in [0.717, 1.165) is 11.6 Å². The predicted molar refractivity (Wildman–Crippen MR) is 75.9 cm³/mol. The van der Waals surface area contributed by atoms with Gasteiger partial charge in [0.1, 0.15) is 17.1 Å². The van der Waals surface area contributed by atoms with E-state index in [4.69, 9.17) is 10.5 Å². The van der Waals surface area contributed by atoms with Gasteiger partial charge in [-0.25, -0.2) is 4.39 Å². The largest absolute Gasteiger partial charge is 0.484 e. The molecule has 2 N–H and O–H groups in total. The highest BCUT2D eigenvalue weighted by molar-refractivity contribution is 5.98. The van der Waals surface area contributed by atoms with E-state index in [1.165, 1.54) is 12.1 Å². The van der Waals surface area contributed by atoms with Gasteiger partial charge in [-0.05, 0) is 19.1 Å². The van der Waals surface area contributed by atoms with Crippen LogP contribution in [-0.2, 0) is 0 Å². The highest BCUT2D eigenvalue weighted by Crippen LogP contribution is 2.21. The summed E-state index contributed by atoms with van der Waals surface area (Å²) in [5.41, 5.74) is 6.27. The average Bonchev–Trinajstić information content (AvgIpc) is 2.45. The summed E-state index contributed by atoms with van der Waals surface area (Å²) in [7, 11) is 0. The minimum atomic E-state index is -0.939. The summed E-state index contributed by atoms with van der Waals surface area (Å²) in [5.74, 6) is -2.02. The predicted octanol–water partition coefficient (Wildman–Crippen LogP) is 2.49. The van der Waals surface area contributed by atoms with Crippen molar-refractivity contribution in [1.82, 2.24) is 0 Å². The van der Waals surface area contributed by atoms with Gasteiger partial charge < -0.3 is 10.5 Å². The van der Waals surface area contributed by atoms with Crippen LogP contribution in [0.1, 0.15) is 26.3 Å². The van der Waals surface area contributed by atoms with Gasteiger partial charge in [0.25, 0.3) is 5.91 Å². The van der Waals surface area contributed by atoms with E-state index in [1.807, 2.05) is 19.1 Å². The Hall–Kier alpha value is -2.69. The second kappa shape index (κ2) is 6.17. The molecule has 0 aliphatic heterocycles. The Balaban J connectivity index is 2.13. The Morgan fingerprint density at radius 3 is 2.43 bits per heavy atom. The van der Waals surface area contributed by atoms with Gasteiger partial charge in [0.15, 0.2) is 12.4 Å². The van der Waals surface area contributed by atoms with Crippen LogP contribution in [0.4, 0.5) is 4.39 Å². The van der Waals surface area contributed by atoms with E-state index < -0.39 is 11.7 Å². The first kappa shape index (κ1) is 14.7. The van der Waals surface area contributed by atoms with Crippen molar-refractivity contribution in [1.29, 1.82) is 0 Å². The molecule has 0 spiro atoms. The molecule has 2 aromatic rings. The molecule has 4 nitrogen and oxygen atoms in total. The van der Waals surface area contributed by atoms with Crippen LogP contribution in [0.25, 0.3) is 0 Å². The Morgan fingerprint density at radius 1 is 1.14 bits per heavy atom. The molecular formula is C16H14FNO3. The van der Waals surface area contributed by atoms with E-state index in [9.17, 15) is 14.0 Å². The normalized spacial score (nSPS) is 10.2. The topological polar surface area (TPSA) is 69.4 Å². The number of hydrogen-bond acceptors (Lipinski definition) is 3. The fourth-order valence-electron chi connectivity index (χ4n) is 1.83. The lowest BCUT2D eigenvalue weighted by molar-refractivity contribution is 0.0910. The summed E-state index contributed by atoms with van der Waals surface area (Å²) < 4.78 is 18.8. The number of hydrogen-bond donors (Lipinski definition) is 1. The lowest BCUT2D eigenvalue weighted by atomic mass is 10.1. The summed E-state index contributed by atoms with van der Waals surface area (Å²) in [5, 5.41) is 0. The van der Waals surface area contributed by atoms with Crippen LogP contribution in [0.3, 0.4) is 0 Å². The molecule has 0 radical (unpaired) electrons. The van der Waals surface area contributed by atoms with E-state index in [2.05, 4.69) is 0 Å². The number of aryl methyl sites for hydroxylation is 1. The molecule has 21 heavy (non-hydrogen) atoms. The summed E-state index contributed by atoms with van der Waals surface area (Å²) >= 11 is 0. The lowest BCUT2D eigenvalue weighted by Crippen LogP contribution is -2.18. The number of ether oxygens (including phenoxy) is 1. The monoisotopic (exact) mass is 287 g/mol. The number of carbonyl (C=O) groups is 2. The summed E-state index contributed by atoms with van der Waals surface area (Å²) in [6.07, 6.45) is 0. The number of nitrogens with two attached hydrogens (primary N) is 1. The number of ketones is 1. The fraction of sp³-hybridized carbons (Fsp3) is 0.125. The van der Waals surface area contributed by atoms with Crippen LogP contribution in [0.5, 0.6) is 5.75 Å². The molecule has 0 heterocycles. The van der Waals surface area contributed by atoms with Crippen LogP contribution >= 0.6 is 0 Å². The summed E-state index contributed by atoms with van der Waals surface area (Å²) in [6, 6.07) is 10.9. The van der Waals surface area contributed by atoms with Gasteiger partial charge in [-0.15, -0.1) is 0 Å². The molecule has 0 unspecified atom stereocenters. The maximum absolute atomic E-state index is 13.5. The Morgan fingerprint density at radius 2 is 1.81 bits per heavy atom. The first-order valence-electron chi connectivity index (χ1n) is 6.30. The zero-order valence-electron chi connectivity index (χ0n) is 11.4. The zero-order chi connectivity index (χ0) is 15.4. The highest BCUT2D eigenvalue weighted by atomic mass is 19.1. The molecule has 0 bridgehead atoms. The molecule has 0 aliphatic carbocycles. The maximum atomic E-state index is 13.5. The third-order valence-corrected chi connectivity index (χ3v) is 2.95. The third-order valence-electron chi connectivity index (χ3n) is 2.95. The molecule has 108 valence electrons. The van der Waals surface area contributed by atoms with Crippen molar-refractivity contribution in [3.05, 3.63) is 65.0 Å². The molecule has 2 rings (SSSR count). The van der Waals surface area contributed by atoms with Crippen molar-refractivity contribution in [2.24, 2.45) is 5.73 Å². The quantitative estimate of drug-likeness (QED) is 0.859. The van der Waals surface area contributed by atoms with Crippen molar-refractivity contribution >= 4 is 11.7 Å². The lowest BCUT2D eigenvalue weighted by Gasteiger charge is -2.09. The summed E-state index contributed by atoms with van der Waals surface area (Å²) in [4.78, 5) is 23.2. The number of Topliss-reactive ketones (excluding diaryl/α,β-unsaturated/α-hetero) is 1. The van der Waals surface area contributed by atoms with Crippen LogP contribution < -0.4 is 10.5 Å². The van der Waals surface area contributed by atoms with Crippen LogP contribution in [0, 0.1) is 12.7 Å². The summed E-state index contributed by atoms with van der Waals surface area (Å²) in [6.45, 7) is 1.61. The van der Waals surface area contributed by atoms with Crippen molar-refractivity contribution in [2.45, 2.75) is 6.92 Å². The highest BCUT2D eigenvalue weighted by Gasteiger charge is 2.16. The number of primary amides is 1. The van der Waals surface area contributed by atoms with E-state index >= 15 is 0 Å². The van der Waals surface area contributed by atoms with Gasteiger partial charge in [-0.2, -0.15) is 0 Å². The van der Waals surface area contributed by atoms with Gasteiger partial charge in [-0.1, -0.05) is 35.9 Å². The number of benzene rings is 2. The van der Waals surface area contributed by atoms with E-state index in [0.29, 0.717) is 5.56 Å². The van der Waals surface area contributed by atoms with Gasteiger partial charge in [-0.3, -0.25) is 9.59 Å². The van der Waals surface area contributed by atoms with E-state index in [-0.39, 0.29) is 23.7 Å². The van der Waals surface area contributed by atoms with Gasteiger partial charge >= 0.3 is 0 Å². The smallest absolute Gasteiger partial charge is 0.255 e. The van der Waals surface area contributed by atoms with Gasteiger partial charge in [0.05, 0.1) is 0 Å². The second-order valence-electron chi connectivity index (χ2n) is 4.56. The second-order valence-corrected chi connectivity index (χ2v) is 4.56. The SMILES string of the molecule is Cc1ccc(C(=O)COc2cccc(F)c2C(N)=O)cc1. The van der Waals surface area contributed by atoms with Crippen molar-refractivity contribution < 1.29 is 18.7 Å². The molecule has 2 aromatic carbocycles. The number of amides is 1. The number of rotatable bonds is 5. The standard InChI is InChI=1S/C16H14FNO3/c1-10-5-7-11(8-6-10)13(19)9-21-14-4-2-3-12(17)15(14)16(18)20/h2-8H,9H2,1H3,(H2,18,20). The van der Waals surface area contributed by atoms with Gasteiger partial charge in [0, 0.05) is 5.56 Å². The molecule has 0 atom stereocenters. The molecule has 0 aliphatic rings. The van der Waals surface area contributed by atoms with Crippen molar-refractivity contribution in [3.8, 4) is 5.75 Å². The first-order chi connectivity index (χ1) is 9.99. The molecular weight excluding hydrogens is 273 g/mol. The first-order valence-corrected chi connectivity index (χ1v) is 6.30. The Bertz CT molecular complexity index is 680. The molecule has 0 saturated heterocycles. The molecule has 0 fully saturated rings. The minimum Gasteiger partial charge on any atom is -0.484 e. The minimum absolute atomic E-state index is 0.0389. The van der Waals surface area contributed by atoms with Crippen LogP contribution in [-0.4, -0.2) is 18.3 Å². The fourth-order valence-corrected chi connectivity index (χ4v) is 1.83. The maximum Gasteiger partial charge on any atom is 0.255 e. The number of carbonyl (C=O) groups excluding carboxylic acids is 2.